The number of hydrogen-bond acceptors (Lipinski definition) is 6. The second-order valence-corrected chi connectivity index (χ2v) is 4.35. The van der Waals surface area contributed by atoms with Crippen molar-refractivity contribution in [1.29, 1.82) is 0 Å². The zero-order valence-electron chi connectivity index (χ0n) is 11.5. The molecule has 2 heterocycles. The van der Waals surface area contributed by atoms with Gasteiger partial charge in [0.25, 0.3) is 5.88 Å². The molecule has 21 heavy (non-hydrogen) atoms. The molecule has 7 nitrogen and oxygen atoms in total. The molecule has 0 aliphatic heterocycles. The van der Waals surface area contributed by atoms with Crippen molar-refractivity contribution < 1.29 is 9.84 Å². The van der Waals surface area contributed by atoms with Gasteiger partial charge in [-0.2, -0.15) is 9.97 Å². The first kappa shape index (κ1) is 13.3. The van der Waals surface area contributed by atoms with E-state index in [0.29, 0.717) is 40.8 Å². The van der Waals surface area contributed by atoms with Crippen LogP contribution in [0, 0.1) is 0 Å². The smallest absolute Gasteiger partial charge is 0.250 e. The van der Waals surface area contributed by atoms with Gasteiger partial charge in [-0.25, -0.2) is 4.98 Å². The van der Waals surface area contributed by atoms with E-state index in [-0.39, 0.29) is 6.61 Å². The molecule has 0 saturated heterocycles. The molecule has 1 aromatic carbocycles. The number of aromatic amines is 1. The topological polar surface area (TPSA) is 96.0 Å². The van der Waals surface area contributed by atoms with Crippen LogP contribution in [0.5, 0.6) is 11.6 Å². The van der Waals surface area contributed by atoms with Gasteiger partial charge in [0, 0.05) is 12.1 Å². The Bertz CT molecular complexity index is 756. The number of fused-ring (bicyclic) bond motifs is 1. The van der Waals surface area contributed by atoms with Gasteiger partial charge < -0.3 is 20.1 Å². The molecule has 0 spiro atoms. The lowest BCUT2D eigenvalue weighted by molar-refractivity contribution is 0.276. The van der Waals surface area contributed by atoms with Crippen LogP contribution in [0.2, 0.25) is 0 Å². The molecule has 0 fully saturated rings. The Morgan fingerprint density at radius 3 is 2.95 bits per heavy atom. The Labute approximate surface area is 121 Å². The van der Waals surface area contributed by atoms with Gasteiger partial charge in [-0.1, -0.05) is 18.2 Å². The molecule has 0 radical (unpaired) electrons. The highest BCUT2D eigenvalue weighted by Crippen LogP contribution is 2.28. The third kappa shape index (κ3) is 2.63. The third-order valence-electron chi connectivity index (χ3n) is 2.94. The summed E-state index contributed by atoms with van der Waals surface area (Å²) in [6, 6.07) is 7.26. The number of rotatable bonds is 5. The van der Waals surface area contributed by atoms with Crippen LogP contribution in [0.25, 0.3) is 11.2 Å². The highest BCUT2D eigenvalue weighted by Gasteiger charge is 2.13. The van der Waals surface area contributed by atoms with E-state index in [1.165, 1.54) is 0 Å². The second kappa shape index (κ2) is 5.76. The van der Waals surface area contributed by atoms with E-state index in [2.05, 4.69) is 25.3 Å². The van der Waals surface area contributed by atoms with Crippen molar-refractivity contribution in [1.82, 2.24) is 19.9 Å². The SMILES string of the molecule is CCNc1nc(Oc2ccccc2CO)c2[nH]cnc2n1. The maximum absolute atomic E-state index is 9.36. The van der Waals surface area contributed by atoms with Gasteiger partial charge in [0.2, 0.25) is 5.95 Å². The number of aromatic nitrogens is 4. The van der Waals surface area contributed by atoms with Crippen molar-refractivity contribution in [2.24, 2.45) is 0 Å². The standard InChI is InChI=1S/C14H15N5O2/c1-2-15-14-18-12-11(16-8-17-12)13(19-14)21-10-6-4-3-5-9(10)7-20/h3-6,8,20H,2,7H2,1H3,(H2,15,16,17,18,19). The fourth-order valence-electron chi connectivity index (χ4n) is 1.96. The molecule has 0 aliphatic carbocycles. The van der Waals surface area contributed by atoms with E-state index in [1.807, 2.05) is 19.1 Å². The average Bonchev–Trinajstić information content (AvgIpc) is 2.97. The van der Waals surface area contributed by atoms with Crippen molar-refractivity contribution >= 4 is 17.1 Å². The lowest BCUT2D eigenvalue weighted by atomic mass is 10.2. The first-order valence-corrected chi connectivity index (χ1v) is 6.63. The van der Waals surface area contributed by atoms with Gasteiger partial charge in [-0.3, -0.25) is 0 Å². The first-order chi connectivity index (χ1) is 10.3. The highest BCUT2D eigenvalue weighted by molar-refractivity contribution is 5.77. The Morgan fingerprint density at radius 1 is 1.29 bits per heavy atom. The normalized spacial score (nSPS) is 10.8. The minimum atomic E-state index is -0.104. The summed E-state index contributed by atoms with van der Waals surface area (Å²) in [5.41, 5.74) is 1.83. The van der Waals surface area contributed by atoms with Crippen LogP contribution in [0.1, 0.15) is 12.5 Å². The van der Waals surface area contributed by atoms with Gasteiger partial charge in [0.05, 0.1) is 12.9 Å². The minimum Gasteiger partial charge on any atom is -0.437 e. The second-order valence-electron chi connectivity index (χ2n) is 4.35. The zero-order valence-corrected chi connectivity index (χ0v) is 11.5. The molecule has 7 heteroatoms. The van der Waals surface area contributed by atoms with E-state index in [0.717, 1.165) is 0 Å². The molecule has 0 aliphatic rings. The lowest BCUT2D eigenvalue weighted by Crippen LogP contribution is -2.04. The molecular formula is C14H15N5O2. The maximum Gasteiger partial charge on any atom is 0.250 e. The number of nitrogens with one attached hydrogen (secondary N) is 2. The van der Waals surface area contributed by atoms with Crippen molar-refractivity contribution in [2.45, 2.75) is 13.5 Å². The van der Waals surface area contributed by atoms with Gasteiger partial charge in [-0.15, -0.1) is 0 Å². The number of ether oxygens (including phenoxy) is 1. The van der Waals surface area contributed by atoms with Crippen molar-refractivity contribution in [2.75, 3.05) is 11.9 Å². The molecule has 3 N–H and O–H groups in total. The molecule has 0 atom stereocenters. The van der Waals surface area contributed by atoms with Crippen LogP contribution in [0.4, 0.5) is 5.95 Å². The molecule has 3 rings (SSSR count). The molecule has 0 unspecified atom stereocenters. The van der Waals surface area contributed by atoms with E-state index in [4.69, 9.17) is 4.74 Å². The van der Waals surface area contributed by atoms with E-state index in [1.54, 1.807) is 18.5 Å². The van der Waals surface area contributed by atoms with Crippen LogP contribution >= 0.6 is 0 Å². The Hall–Kier alpha value is -2.67. The third-order valence-corrected chi connectivity index (χ3v) is 2.94. The van der Waals surface area contributed by atoms with Crippen LogP contribution in [-0.2, 0) is 6.61 Å². The number of H-pyrrole nitrogens is 1. The zero-order chi connectivity index (χ0) is 14.7. The number of aliphatic hydroxyl groups excluding tert-OH is 1. The molecule has 0 saturated carbocycles. The van der Waals surface area contributed by atoms with E-state index >= 15 is 0 Å². The fraction of sp³-hybridized carbons (Fsp3) is 0.214. The molecule has 0 amide bonds. The van der Waals surface area contributed by atoms with Crippen molar-refractivity contribution in [3.63, 3.8) is 0 Å². The number of para-hydroxylation sites is 1. The number of aliphatic hydroxyl groups is 1. The minimum absolute atomic E-state index is 0.104. The van der Waals surface area contributed by atoms with E-state index < -0.39 is 0 Å². The lowest BCUT2D eigenvalue weighted by Gasteiger charge is -2.10. The Balaban J connectivity index is 2.04. The summed E-state index contributed by atoms with van der Waals surface area (Å²) in [5.74, 6) is 1.37. The van der Waals surface area contributed by atoms with Crippen LogP contribution in [0.15, 0.2) is 30.6 Å². The van der Waals surface area contributed by atoms with E-state index in [9.17, 15) is 5.11 Å². The number of benzene rings is 1. The largest absolute Gasteiger partial charge is 0.437 e. The van der Waals surface area contributed by atoms with Crippen LogP contribution in [-0.4, -0.2) is 31.6 Å². The Morgan fingerprint density at radius 2 is 2.14 bits per heavy atom. The number of hydrogen-bond donors (Lipinski definition) is 3. The quantitative estimate of drug-likeness (QED) is 0.664. The first-order valence-electron chi connectivity index (χ1n) is 6.63. The molecular weight excluding hydrogens is 270 g/mol. The average molecular weight is 285 g/mol. The molecule has 2 aromatic heterocycles. The molecule has 108 valence electrons. The summed E-state index contributed by atoms with van der Waals surface area (Å²) in [6.07, 6.45) is 1.54. The number of anilines is 1. The highest BCUT2D eigenvalue weighted by atomic mass is 16.5. The Kier molecular flexibility index (Phi) is 3.65. The molecule has 3 aromatic rings. The van der Waals surface area contributed by atoms with Crippen molar-refractivity contribution in [3.8, 4) is 11.6 Å². The van der Waals surface area contributed by atoms with Gasteiger partial charge in [-0.05, 0) is 13.0 Å². The summed E-state index contributed by atoms with van der Waals surface area (Å²) in [4.78, 5) is 15.7. The van der Waals surface area contributed by atoms with Gasteiger partial charge in [0.15, 0.2) is 5.65 Å². The number of imidazole rings is 1. The number of nitrogens with zero attached hydrogens (tertiary/aromatic N) is 3. The summed E-state index contributed by atoms with van der Waals surface area (Å²) >= 11 is 0. The predicted molar refractivity (Wildman–Crippen MR) is 78.3 cm³/mol. The van der Waals surface area contributed by atoms with Crippen molar-refractivity contribution in [3.05, 3.63) is 36.2 Å². The van der Waals surface area contributed by atoms with Crippen LogP contribution < -0.4 is 10.1 Å². The summed E-state index contributed by atoms with van der Waals surface area (Å²) in [6.45, 7) is 2.55. The predicted octanol–water partition coefficient (Wildman–Crippen LogP) is 2.07. The summed E-state index contributed by atoms with van der Waals surface area (Å²) in [5, 5.41) is 12.4. The summed E-state index contributed by atoms with van der Waals surface area (Å²) < 4.78 is 5.84. The van der Waals surface area contributed by atoms with Gasteiger partial charge >= 0.3 is 0 Å². The summed E-state index contributed by atoms with van der Waals surface area (Å²) in [7, 11) is 0. The fourth-order valence-corrected chi connectivity index (χ4v) is 1.96. The van der Waals surface area contributed by atoms with Crippen LogP contribution in [0.3, 0.4) is 0 Å². The van der Waals surface area contributed by atoms with Gasteiger partial charge in [0.1, 0.15) is 11.3 Å². The monoisotopic (exact) mass is 285 g/mol. The molecule has 0 bridgehead atoms. The maximum atomic E-state index is 9.36.